The molecule has 0 fully saturated rings. The number of benzene rings is 2. The van der Waals surface area contributed by atoms with Crippen molar-refractivity contribution in [3.05, 3.63) is 77.9 Å². The van der Waals surface area contributed by atoms with Crippen LogP contribution in [0.1, 0.15) is 18.1 Å². The zero-order valence-corrected chi connectivity index (χ0v) is 16.0. The minimum atomic E-state index is -0.0543. The Labute approximate surface area is 163 Å². The van der Waals surface area contributed by atoms with E-state index < -0.39 is 0 Å². The quantitative estimate of drug-likeness (QED) is 0.569. The Bertz CT molecular complexity index is 869. The first-order valence-electron chi connectivity index (χ1n) is 8.86. The second-order valence-corrected chi connectivity index (χ2v) is 6.98. The van der Waals surface area contributed by atoms with Gasteiger partial charge in [0.2, 0.25) is 5.91 Å². The minimum Gasteiger partial charge on any atom is -0.365 e. The number of hydrogen-bond acceptors (Lipinski definition) is 5. The zero-order chi connectivity index (χ0) is 18.9. The lowest BCUT2D eigenvalue weighted by atomic mass is 10.1. The largest absolute Gasteiger partial charge is 0.365 e. The Morgan fingerprint density at radius 3 is 2.52 bits per heavy atom. The molecular weight excluding hydrogens is 356 g/mol. The fraction of sp³-hybridized carbons (Fsp3) is 0.190. The molecule has 0 spiro atoms. The summed E-state index contributed by atoms with van der Waals surface area (Å²) in [5, 5.41) is 15.2. The lowest BCUT2D eigenvalue weighted by Gasteiger charge is -2.07. The van der Waals surface area contributed by atoms with Gasteiger partial charge in [0, 0.05) is 12.2 Å². The molecule has 1 heterocycles. The number of carbonyl (C=O) groups is 1. The van der Waals surface area contributed by atoms with Gasteiger partial charge in [0.15, 0.2) is 0 Å². The summed E-state index contributed by atoms with van der Waals surface area (Å²) in [5.74, 6) is 0.951. The first-order valence-corrected chi connectivity index (χ1v) is 9.84. The van der Waals surface area contributed by atoms with Crippen LogP contribution in [0, 0.1) is 0 Å². The molecule has 2 aromatic carbocycles. The highest BCUT2D eigenvalue weighted by molar-refractivity contribution is 7.99. The maximum absolute atomic E-state index is 12.1. The van der Waals surface area contributed by atoms with Crippen LogP contribution in [-0.2, 0) is 17.8 Å². The van der Waals surface area contributed by atoms with E-state index in [1.165, 1.54) is 22.9 Å². The lowest BCUT2D eigenvalue weighted by molar-refractivity contribution is -0.113. The van der Waals surface area contributed by atoms with Gasteiger partial charge in [-0.05, 0) is 41.8 Å². The average molecular weight is 379 g/mol. The lowest BCUT2D eigenvalue weighted by Crippen LogP contribution is -2.14. The normalized spacial score (nSPS) is 10.4. The molecule has 0 aliphatic heterocycles. The van der Waals surface area contributed by atoms with Gasteiger partial charge in [0.05, 0.1) is 5.75 Å². The summed E-state index contributed by atoms with van der Waals surface area (Å²) in [5.41, 5.74) is 3.21. The number of thioether (sulfide) groups is 1. The Balaban J connectivity index is 1.46. The van der Waals surface area contributed by atoms with Crippen LogP contribution >= 0.6 is 11.8 Å². The summed E-state index contributed by atoms with van der Waals surface area (Å²) >= 11 is 1.37. The molecule has 0 bridgehead atoms. The van der Waals surface area contributed by atoms with Crippen LogP contribution in [0.2, 0.25) is 0 Å². The van der Waals surface area contributed by atoms with E-state index in [1.54, 1.807) is 0 Å². The Kier molecular flexibility index (Phi) is 6.82. The summed E-state index contributed by atoms with van der Waals surface area (Å²) in [6.45, 7) is 2.79. The number of aryl methyl sites for hydroxylation is 1. The van der Waals surface area contributed by atoms with E-state index in [1.807, 2.05) is 54.6 Å². The molecule has 0 atom stereocenters. The number of nitrogens with zero attached hydrogens (tertiary/aromatic N) is 2. The van der Waals surface area contributed by atoms with E-state index in [0.717, 1.165) is 17.1 Å². The van der Waals surface area contributed by atoms with E-state index in [2.05, 4.69) is 39.9 Å². The molecule has 0 saturated heterocycles. The third-order valence-corrected chi connectivity index (χ3v) is 4.85. The first-order chi connectivity index (χ1) is 13.2. The second kappa shape index (κ2) is 9.73. The van der Waals surface area contributed by atoms with Gasteiger partial charge in [-0.3, -0.25) is 4.79 Å². The van der Waals surface area contributed by atoms with Crippen LogP contribution in [0.25, 0.3) is 0 Å². The summed E-state index contributed by atoms with van der Waals surface area (Å²) in [6, 6.07) is 21.8. The average Bonchev–Trinajstić information content (AvgIpc) is 2.72. The van der Waals surface area contributed by atoms with Gasteiger partial charge in [0.25, 0.3) is 0 Å². The predicted octanol–water partition coefficient (Wildman–Crippen LogP) is 4.38. The molecule has 0 radical (unpaired) electrons. The van der Waals surface area contributed by atoms with Gasteiger partial charge in [-0.25, -0.2) is 0 Å². The van der Waals surface area contributed by atoms with Crippen molar-refractivity contribution in [3.8, 4) is 0 Å². The van der Waals surface area contributed by atoms with Gasteiger partial charge < -0.3 is 10.6 Å². The molecule has 5 nitrogen and oxygen atoms in total. The summed E-state index contributed by atoms with van der Waals surface area (Å²) < 4.78 is 0. The zero-order valence-electron chi connectivity index (χ0n) is 15.2. The predicted molar refractivity (Wildman–Crippen MR) is 111 cm³/mol. The van der Waals surface area contributed by atoms with Crippen LogP contribution in [0.3, 0.4) is 0 Å². The number of anilines is 2. The van der Waals surface area contributed by atoms with E-state index in [0.29, 0.717) is 18.1 Å². The molecule has 1 aromatic heterocycles. The molecular formula is C21H22N4OS. The number of nitrogens with one attached hydrogen (secondary N) is 2. The van der Waals surface area contributed by atoms with Crippen molar-refractivity contribution in [3.63, 3.8) is 0 Å². The number of aromatic nitrogens is 2. The molecule has 0 unspecified atom stereocenters. The second-order valence-electron chi connectivity index (χ2n) is 5.99. The number of hydrogen-bond donors (Lipinski definition) is 2. The van der Waals surface area contributed by atoms with Crippen LogP contribution in [0.15, 0.2) is 71.8 Å². The van der Waals surface area contributed by atoms with E-state index in [4.69, 9.17) is 0 Å². The van der Waals surface area contributed by atoms with E-state index in [-0.39, 0.29) is 5.91 Å². The molecule has 0 aliphatic carbocycles. The summed E-state index contributed by atoms with van der Waals surface area (Å²) in [4.78, 5) is 12.1. The highest BCUT2D eigenvalue weighted by Gasteiger charge is 2.06. The molecule has 2 N–H and O–H groups in total. The topological polar surface area (TPSA) is 66.9 Å². The summed E-state index contributed by atoms with van der Waals surface area (Å²) in [7, 11) is 0. The molecule has 0 aliphatic rings. The number of carbonyl (C=O) groups excluding carboxylic acids is 1. The molecule has 1 amide bonds. The van der Waals surface area contributed by atoms with Crippen LogP contribution in [-0.4, -0.2) is 21.9 Å². The maximum Gasteiger partial charge on any atom is 0.234 e. The summed E-state index contributed by atoms with van der Waals surface area (Å²) in [6.07, 6.45) is 0.943. The molecule has 0 saturated carbocycles. The van der Waals surface area contributed by atoms with Crippen LogP contribution < -0.4 is 10.6 Å². The smallest absolute Gasteiger partial charge is 0.234 e. The van der Waals surface area contributed by atoms with Gasteiger partial charge in [-0.15, -0.1) is 10.2 Å². The highest BCUT2D eigenvalue weighted by atomic mass is 32.2. The van der Waals surface area contributed by atoms with Gasteiger partial charge in [-0.1, -0.05) is 61.2 Å². The van der Waals surface area contributed by atoms with Gasteiger partial charge in [0.1, 0.15) is 10.8 Å². The molecule has 3 aromatic rings. The van der Waals surface area contributed by atoms with Crippen LogP contribution in [0.5, 0.6) is 0 Å². The third-order valence-electron chi connectivity index (χ3n) is 3.93. The van der Waals surface area contributed by atoms with E-state index in [9.17, 15) is 4.79 Å². The number of amides is 1. The van der Waals surface area contributed by atoms with Crippen molar-refractivity contribution in [2.24, 2.45) is 0 Å². The van der Waals surface area contributed by atoms with Gasteiger partial charge in [-0.2, -0.15) is 0 Å². The Hall–Kier alpha value is -2.86. The minimum absolute atomic E-state index is 0.0543. The Morgan fingerprint density at radius 2 is 1.78 bits per heavy atom. The maximum atomic E-state index is 12.1. The van der Waals surface area contributed by atoms with Crippen molar-refractivity contribution in [2.45, 2.75) is 24.9 Å². The van der Waals surface area contributed by atoms with Crippen molar-refractivity contribution >= 4 is 29.2 Å². The van der Waals surface area contributed by atoms with Crippen molar-refractivity contribution in [1.29, 1.82) is 0 Å². The molecule has 27 heavy (non-hydrogen) atoms. The fourth-order valence-corrected chi connectivity index (χ4v) is 3.10. The van der Waals surface area contributed by atoms with Crippen molar-refractivity contribution < 1.29 is 4.79 Å². The van der Waals surface area contributed by atoms with Crippen LogP contribution in [0.4, 0.5) is 11.5 Å². The van der Waals surface area contributed by atoms with E-state index >= 15 is 0 Å². The SMILES string of the molecule is CCc1cccc(NC(=O)CSc2ccc(NCc3ccccc3)nn2)c1. The fourth-order valence-electron chi connectivity index (χ4n) is 2.49. The third kappa shape index (κ3) is 6.11. The molecule has 6 heteroatoms. The Morgan fingerprint density at radius 1 is 0.963 bits per heavy atom. The first kappa shape index (κ1) is 18.9. The standard InChI is InChI=1S/C21H22N4OS/c1-2-16-9-6-10-18(13-16)23-20(26)15-27-21-12-11-19(24-25-21)22-14-17-7-4-3-5-8-17/h3-13H,2,14-15H2,1H3,(H,22,24)(H,23,26). The van der Waals surface area contributed by atoms with Gasteiger partial charge >= 0.3 is 0 Å². The molecule has 3 rings (SSSR count). The monoisotopic (exact) mass is 378 g/mol. The highest BCUT2D eigenvalue weighted by Crippen LogP contribution is 2.17. The van der Waals surface area contributed by atoms with Crippen molar-refractivity contribution in [2.75, 3.05) is 16.4 Å². The van der Waals surface area contributed by atoms with Crippen molar-refractivity contribution in [1.82, 2.24) is 10.2 Å². The molecule has 138 valence electrons. The number of rotatable bonds is 8.